The highest BCUT2D eigenvalue weighted by atomic mass is 19.4. The van der Waals surface area contributed by atoms with Crippen molar-refractivity contribution in [3.8, 4) is 0 Å². The minimum atomic E-state index is -4.14. The predicted octanol–water partition coefficient (Wildman–Crippen LogP) is 2.65. The van der Waals surface area contributed by atoms with E-state index in [1.807, 2.05) is 6.92 Å². The molecule has 0 radical (unpaired) electrons. The molecule has 0 aliphatic heterocycles. The van der Waals surface area contributed by atoms with Gasteiger partial charge in [-0.3, -0.25) is 9.25 Å². The van der Waals surface area contributed by atoms with E-state index in [-0.39, 0.29) is 18.9 Å². The number of nitrogens with two attached hydrogens (primary N) is 1. The number of imidazole rings is 1. The lowest BCUT2D eigenvalue weighted by atomic mass is 10.2. The molecule has 8 heteroatoms. The number of anilines is 1. The standard InChI is InChI=1S/C12H18F3N5/c1-3-5-8-9-10(19(2)18-8)20(11(16)17-9)7-4-6-12(13,14)15/h3-7H2,1-2H3,(H2,16,17). The van der Waals surface area contributed by atoms with E-state index in [1.165, 1.54) is 0 Å². The van der Waals surface area contributed by atoms with Crippen molar-refractivity contribution in [2.75, 3.05) is 5.73 Å². The molecule has 0 saturated heterocycles. The van der Waals surface area contributed by atoms with Crippen LogP contribution in [0.1, 0.15) is 31.9 Å². The van der Waals surface area contributed by atoms with E-state index in [2.05, 4.69) is 10.1 Å². The van der Waals surface area contributed by atoms with Crippen molar-refractivity contribution in [2.45, 2.75) is 45.3 Å². The summed E-state index contributed by atoms with van der Waals surface area (Å²) in [6.45, 7) is 2.22. The van der Waals surface area contributed by atoms with E-state index in [0.29, 0.717) is 11.2 Å². The Labute approximate surface area is 114 Å². The Hall–Kier alpha value is -1.73. The Morgan fingerprint density at radius 3 is 2.60 bits per heavy atom. The van der Waals surface area contributed by atoms with Gasteiger partial charge in [-0.1, -0.05) is 13.3 Å². The molecule has 0 fully saturated rings. The zero-order valence-electron chi connectivity index (χ0n) is 11.5. The van der Waals surface area contributed by atoms with E-state index < -0.39 is 12.6 Å². The minimum absolute atomic E-state index is 0.0204. The molecule has 5 nitrogen and oxygen atoms in total. The maximum atomic E-state index is 12.2. The molecule has 0 unspecified atom stereocenters. The lowest BCUT2D eigenvalue weighted by molar-refractivity contribution is -0.135. The van der Waals surface area contributed by atoms with Crippen molar-refractivity contribution >= 4 is 17.1 Å². The summed E-state index contributed by atoms with van der Waals surface area (Å²) in [5.41, 5.74) is 8.03. The van der Waals surface area contributed by atoms with Gasteiger partial charge in [-0.2, -0.15) is 18.3 Å². The summed E-state index contributed by atoms with van der Waals surface area (Å²) in [4.78, 5) is 4.24. The third-order valence-electron chi connectivity index (χ3n) is 3.15. The van der Waals surface area contributed by atoms with Gasteiger partial charge < -0.3 is 5.73 Å². The molecule has 0 saturated carbocycles. The number of fused-ring (bicyclic) bond motifs is 1. The first kappa shape index (κ1) is 14.7. The second-order valence-corrected chi connectivity index (χ2v) is 4.83. The van der Waals surface area contributed by atoms with Crippen LogP contribution in [0.25, 0.3) is 11.2 Å². The Morgan fingerprint density at radius 2 is 2.00 bits per heavy atom. The summed E-state index contributed by atoms with van der Waals surface area (Å²) in [6.07, 6.45) is -3.29. The van der Waals surface area contributed by atoms with E-state index in [0.717, 1.165) is 18.5 Å². The van der Waals surface area contributed by atoms with Crippen LogP contribution in [-0.4, -0.2) is 25.5 Å². The topological polar surface area (TPSA) is 61.7 Å². The fraction of sp³-hybridized carbons (Fsp3) is 0.667. The van der Waals surface area contributed by atoms with Gasteiger partial charge in [0.2, 0.25) is 5.95 Å². The molecule has 112 valence electrons. The van der Waals surface area contributed by atoms with E-state index in [1.54, 1.807) is 16.3 Å². The fourth-order valence-corrected chi connectivity index (χ4v) is 2.32. The molecule has 2 N–H and O–H groups in total. The smallest absolute Gasteiger partial charge is 0.369 e. The van der Waals surface area contributed by atoms with Crippen LogP contribution in [0.5, 0.6) is 0 Å². The van der Waals surface area contributed by atoms with Crippen LogP contribution in [0.3, 0.4) is 0 Å². The summed E-state index contributed by atoms with van der Waals surface area (Å²) in [6, 6.07) is 0. The number of aromatic nitrogens is 4. The number of nitrogen functional groups attached to an aromatic ring is 1. The van der Waals surface area contributed by atoms with Gasteiger partial charge in [0.05, 0.1) is 5.69 Å². The molecule has 0 atom stereocenters. The monoisotopic (exact) mass is 289 g/mol. The average Bonchev–Trinajstić information content (AvgIpc) is 2.78. The first-order chi connectivity index (χ1) is 9.33. The highest BCUT2D eigenvalue weighted by Crippen LogP contribution is 2.25. The molecule has 2 rings (SSSR count). The number of rotatable bonds is 5. The van der Waals surface area contributed by atoms with Crippen LogP contribution in [0.15, 0.2) is 0 Å². The van der Waals surface area contributed by atoms with Crippen LogP contribution in [0.4, 0.5) is 19.1 Å². The van der Waals surface area contributed by atoms with Gasteiger partial charge in [0.1, 0.15) is 5.52 Å². The number of aryl methyl sites for hydroxylation is 3. The number of hydrogen-bond donors (Lipinski definition) is 1. The van der Waals surface area contributed by atoms with E-state index in [4.69, 9.17) is 5.73 Å². The number of hydrogen-bond acceptors (Lipinski definition) is 3. The summed E-state index contributed by atoms with van der Waals surface area (Å²) >= 11 is 0. The maximum Gasteiger partial charge on any atom is 0.389 e. The molecule has 2 aromatic heterocycles. The van der Waals surface area contributed by atoms with Crippen molar-refractivity contribution in [1.82, 2.24) is 19.3 Å². The summed E-state index contributed by atoms with van der Waals surface area (Å²) in [7, 11) is 1.75. The van der Waals surface area contributed by atoms with Crippen LogP contribution in [-0.2, 0) is 20.0 Å². The van der Waals surface area contributed by atoms with E-state index >= 15 is 0 Å². The van der Waals surface area contributed by atoms with Gasteiger partial charge in [-0.15, -0.1) is 0 Å². The zero-order chi connectivity index (χ0) is 14.9. The summed E-state index contributed by atoms with van der Waals surface area (Å²) in [5, 5.41) is 4.35. The molecule has 0 aliphatic rings. The Bertz CT molecular complexity index is 596. The van der Waals surface area contributed by atoms with Crippen LogP contribution in [0.2, 0.25) is 0 Å². The first-order valence-corrected chi connectivity index (χ1v) is 6.57. The lowest BCUT2D eigenvalue weighted by Crippen LogP contribution is -2.11. The SMILES string of the molecule is CCCc1nn(C)c2c1nc(N)n2CCCC(F)(F)F. The van der Waals surface area contributed by atoms with Crippen molar-refractivity contribution in [3.63, 3.8) is 0 Å². The second kappa shape index (κ2) is 5.34. The van der Waals surface area contributed by atoms with Gasteiger partial charge in [0.25, 0.3) is 0 Å². The average molecular weight is 289 g/mol. The highest BCUT2D eigenvalue weighted by molar-refractivity contribution is 5.77. The first-order valence-electron chi connectivity index (χ1n) is 6.57. The third kappa shape index (κ3) is 2.88. The third-order valence-corrected chi connectivity index (χ3v) is 3.15. The largest absolute Gasteiger partial charge is 0.389 e. The Morgan fingerprint density at radius 1 is 1.30 bits per heavy atom. The molecule has 0 spiro atoms. The van der Waals surface area contributed by atoms with Gasteiger partial charge in [0, 0.05) is 20.0 Å². The molecular formula is C12H18F3N5. The van der Waals surface area contributed by atoms with Crippen molar-refractivity contribution in [3.05, 3.63) is 5.69 Å². The Kier molecular flexibility index (Phi) is 3.92. The van der Waals surface area contributed by atoms with Crippen LogP contribution in [0, 0.1) is 0 Å². The second-order valence-electron chi connectivity index (χ2n) is 4.83. The highest BCUT2D eigenvalue weighted by Gasteiger charge is 2.26. The van der Waals surface area contributed by atoms with Gasteiger partial charge >= 0.3 is 6.18 Å². The van der Waals surface area contributed by atoms with Gasteiger partial charge in [0.15, 0.2) is 5.65 Å². The quantitative estimate of drug-likeness (QED) is 0.920. The fourth-order valence-electron chi connectivity index (χ4n) is 2.32. The van der Waals surface area contributed by atoms with Gasteiger partial charge in [-0.25, -0.2) is 4.98 Å². The molecule has 0 aliphatic carbocycles. The van der Waals surface area contributed by atoms with Crippen LogP contribution >= 0.6 is 0 Å². The normalized spacial score (nSPS) is 12.4. The summed E-state index contributed by atoms with van der Waals surface area (Å²) < 4.78 is 39.9. The van der Waals surface area contributed by atoms with Crippen molar-refractivity contribution < 1.29 is 13.2 Å². The predicted molar refractivity (Wildman–Crippen MR) is 70.2 cm³/mol. The number of alkyl halides is 3. The molecule has 20 heavy (non-hydrogen) atoms. The molecule has 0 bridgehead atoms. The summed E-state index contributed by atoms with van der Waals surface area (Å²) in [5.74, 6) is 0.243. The minimum Gasteiger partial charge on any atom is -0.369 e. The molecule has 0 amide bonds. The zero-order valence-corrected chi connectivity index (χ0v) is 11.5. The Balaban J connectivity index is 2.27. The molecular weight excluding hydrogens is 271 g/mol. The molecule has 2 heterocycles. The number of halogens is 3. The number of nitrogens with zero attached hydrogens (tertiary/aromatic N) is 4. The van der Waals surface area contributed by atoms with Crippen molar-refractivity contribution in [1.29, 1.82) is 0 Å². The van der Waals surface area contributed by atoms with E-state index in [9.17, 15) is 13.2 Å². The van der Waals surface area contributed by atoms with Crippen LogP contribution < -0.4 is 5.73 Å². The molecule has 2 aromatic rings. The van der Waals surface area contributed by atoms with Gasteiger partial charge in [-0.05, 0) is 12.8 Å². The maximum absolute atomic E-state index is 12.2. The molecule has 0 aromatic carbocycles. The lowest BCUT2D eigenvalue weighted by Gasteiger charge is -2.08. The van der Waals surface area contributed by atoms with Crippen molar-refractivity contribution in [2.24, 2.45) is 7.05 Å².